The average Bonchev–Trinajstić information content (AvgIpc) is 2.76. The van der Waals surface area contributed by atoms with Gasteiger partial charge in [-0.2, -0.15) is 5.10 Å². The van der Waals surface area contributed by atoms with Crippen molar-refractivity contribution in [3.8, 4) is 0 Å². The second kappa shape index (κ2) is 5.76. The molecule has 1 aromatic heterocycles. The molecular weight excluding hydrogens is 274 g/mol. The summed E-state index contributed by atoms with van der Waals surface area (Å²) < 4.78 is 28.7. The maximum atomic E-state index is 12.1. The first-order chi connectivity index (χ1) is 9.40. The van der Waals surface area contributed by atoms with Gasteiger partial charge in [-0.1, -0.05) is 18.2 Å². The number of benzene rings is 1. The number of aryl methyl sites for hydroxylation is 2. The summed E-state index contributed by atoms with van der Waals surface area (Å²) in [6, 6.07) is 10.3. The van der Waals surface area contributed by atoms with Crippen LogP contribution in [0.15, 0.2) is 41.3 Å². The van der Waals surface area contributed by atoms with E-state index in [0.717, 1.165) is 11.4 Å². The Morgan fingerprint density at radius 3 is 2.45 bits per heavy atom. The van der Waals surface area contributed by atoms with E-state index in [1.54, 1.807) is 30.3 Å². The Kier molecular flexibility index (Phi) is 4.25. The van der Waals surface area contributed by atoms with Gasteiger partial charge in [0.2, 0.25) is 10.0 Å². The molecule has 1 atom stereocenters. The molecule has 0 unspecified atom stereocenters. The highest BCUT2D eigenvalue weighted by Crippen LogP contribution is 2.12. The molecule has 0 spiro atoms. The predicted molar refractivity (Wildman–Crippen MR) is 78.0 cm³/mol. The minimum absolute atomic E-state index is 0.0396. The zero-order chi connectivity index (χ0) is 14.8. The Balaban J connectivity index is 2.07. The summed E-state index contributed by atoms with van der Waals surface area (Å²) in [7, 11) is -3.46. The van der Waals surface area contributed by atoms with Gasteiger partial charge in [-0.15, -0.1) is 0 Å². The lowest BCUT2D eigenvalue weighted by Crippen LogP contribution is -2.30. The minimum atomic E-state index is -3.46. The Labute approximate surface area is 119 Å². The van der Waals surface area contributed by atoms with Gasteiger partial charge in [-0.25, -0.2) is 13.1 Å². The van der Waals surface area contributed by atoms with E-state index in [2.05, 4.69) is 9.82 Å². The van der Waals surface area contributed by atoms with Gasteiger partial charge in [0.15, 0.2) is 0 Å². The Hall–Kier alpha value is -1.66. The van der Waals surface area contributed by atoms with Crippen LogP contribution >= 0.6 is 0 Å². The zero-order valence-electron chi connectivity index (χ0n) is 11.9. The van der Waals surface area contributed by atoms with E-state index in [0.29, 0.717) is 6.54 Å². The monoisotopic (exact) mass is 293 g/mol. The third kappa shape index (κ3) is 3.26. The number of sulfonamides is 1. The van der Waals surface area contributed by atoms with Gasteiger partial charge in [0, 0.05) is 12.2 Å². The van der Waals surface area contributed by atoms with E-state index in [1.165, 1.54) is 0 Å². The van der Waals surface area contributed by atoms with Gasteiger partial charge in [0.05, 0.1) is 16.6 Å². The molecule has 6 heteroatoms. The van der Waals surface area contributed by atoms with E-state index in [9.17, 15) is 8.42 Å². The third-order valence-electron chi connectivity index (χ3n) is 3.08. The highest BCUT2D eigenvalue weighted by Gasteiger charge is 2.16. The fourth-order valence-corrected chi connectivity index (χ4v) is 3.23. The van der Waals surface area contributed by atoms with Crippen LogP contribution in [0.3, 0.4) is 0 Å². The van der Waals surface area contributed by atoms with Gasteiger partial charge >= 0.3 is 0 Å². The van der Waals surface area contributed by atoms with Crippen LogP contribution in [0.5, 0.6) is 0 Å². The largest absolute Gasteiger partial charge is 0.266 e. The number of rotatable bonds is 5. The molecule has 2 aromatic rings. The van der Waals surface area contributed by atoms with Crippen LogP contribution < -0.4 is 4.72 Å². The highest BCUT2D eigenvalue weighted by molar-refractivity contribution is 7.89. The number of hydrogen-bond donors (Lipinski definition) is 1. The van der Waals surface area contributed by atoms with Crippen molar-refractivity contribution < 1.29 is 8.42 Å². The molecule has 20 heavy (non-hydrogen) atoms. The molecule has 0 saturated heterocycles. The van der Waals surface area contributed by atoms with Crippen molar-refractivity contribution in [2.45, 2.75) is 31.7 Å². The predicted octanol–water partition coefficient (Wildman–Crippen LogP) is 2.04. The van der Waals surface area contributed by atoms with Gasteiger partial charge in [0.1, 0.15) is 0 Å². The molecule has 1 N–H and O–H groups in total. The second-order valence-electron chi connectivity index (χ2n) is 4.89. The number of nitrogens with zero attached hydrogens (tertiary/aromatic N) is 2. The maximum Gasteiger partial charge on any atom is 0.240 e. The van der Waals surface area contributed by atoms with E-state index in [4.69, 9.17) is 0 Å². The normalized spacial score (nSPS) is 13.3. The Bertz CT molecular complexity index is 678. The molecule has 0 aliphatic heterocycles. The first-order valence-corrected chi connectivity index (χ1v) is 7.96. The van der Waals surface area contributed by atoms with Gasteiger partial charge in [-0.05, 0) is 39.0 Å². The molecule has 5 nitrogen and oxygen atoms in total. The minimum Gasteiger partial charge on any atom is -0.266 e. The third-order valence-corrected chi connectivity index (χ3v) is 4.52. The summed E-state index contributed by atoms with van der Waals surface area (Å²) >= 11 is 0. The molecule has 0 aliphatic rings. The molecule has 0 radical (unpaired) electrons. The molecule has 0 aliphatic carbocycles. The van der Waals surface area contributed by atoms with Crippen molar-refractivity contribution in [3.05, 3.63) is 47.8 Å². The molecular formula is C14H19N3O2S. The first kappa shape index (κ1) is 14.7. The number of aromatic nitrogens is 2. The molecule has 0 bridgehead atoms. The number of hydrogen-bond acceptors (Lipinski definition) is 3. The van der Waals surface area contributed by atoms with Crippen LogP contribution in [0.1, 0.15) is 24.4 Å². The van der Waals surface area contributed by atoms with Crippen LogP contribution in [0.25, 0.3) is 0 Å². The Morgan fingerprint density at radius 2 is 1.90 bits per heavy atom. The molecule has 0 amide bonds. The maximum absolute atomic E-state index is 12.1. The fraction of sp³-hybridized carbons (Fsp3) is 0.357. The summed E-state index contributed by atoms with van der Waals surface area (Å²) in [5.41, 5.74) is 1.95. The van der Waals surface area contributed by atoms with Crippen molar-refractivity contribution >= 4 is 10.0 Å². The molecule has 0 saturated carbocycles. The van der Waals surface area contributed by atoms with Crippen LogP contribution in [0.4, 0.5) is 0 Å². The molecule has 1 aromatic carbocycles. The molecule has 2 rings (SSSR count). The molecule has 0 fully saturated rings. The lowest BCUT2D eigenvalue weighted by Gasteiger charge is -2.15. The summed E-state index contributed by atoms with van der Waals surface area (Å²) in [5, 5.41) is 4.37. The van der Waals surface area contributed by atoms with Crippen molar-refractivity contribution in [2.75, 3.05) is 6.54 Å². The molecule has 1 heterocycles. The van der Waals surface area contributed by atoms with Gasteiger partial charge in [0.25, 0.3) is 0 Å². The van der Waals surface area contributed by atoms with Crippen LogP contribution in [-0.4, -0.2) is 24.7 Å². The van der Waals surface area contributed by atoms with E-state index in [1.807, 2.05) is 31.5 Å². The summed E-state index contributed by atoms with van der Waals surface area (Å²) in [6.07, 6.45) is 0. The van der Waals surface area contributed by atoms with E-state index < -0.39 is 10.0 Å². The quantitative estimate of drug-likeness (QED) is 0.917. The van der Waals surface area contributed by atoms with Crippen LogP contribution in [0, 0.1) is 13.8 Å². The lowest BCUT2D eigenvalue weighted by atomic mass is 10.3. The summed E-state index contributed by atoms with van der Waals surface area (Å²) in [6.45, 7) is 6.12. The smallest absolute Gasteiger partial charge is 0.240 e. The lowest BCUT2D eigenvalue weighted by molar-refractivity contribution is 0.467. The van der Waals surface area contributed by atoms with Crippen LogP contribution in [-0.2, 0) is 10.0 Å². The van der Waals surface area contributed by atoms with E-state index in [-0.39, 0.29) is 10.9 Å². The standard InChI is InChI=1S/C14H19N3O2S/c1-11-9-12(2)17(16-11)13(3)10-15-20(18,19)14-7-5-4-6-8-14/h4-9,13,15H,10H2,1-3H3/t13-/m1/s1. The fourth-order valence-electron chi connectivity index (χ4n) is 2.09. The Morgan fingerprint density at radius 1 is 1.25 bits per heavy atom. The average molecular weight is 293 g/mol. The van der Waals surface area contributed by atoms with Gasteiger partial charge in [-0.3, -0.25) is 4.68 Å². The highest BCUT2D eigenvalue weighted by atomic mass is 32.2. The first-order valence-electron chi connectivity index (χ1n) is 6.47. The topological polar surface area (TPSA) is 64.0 Å². The van der Waals surface area contributed by atoms with E-state index >= 15 is 0 Å². The molecule has 108 valence electrons. The van der Waals surface area contributed by atoms with Crippen molar-refractivity contribution in [2.24, 2.45) is 0 Å². The zero-order valence-corrected chi connectivity index (χ0v) is 12.7. The van der Waals surface area contributed by atoms with Gasteiger partial charge < -0.3 is 0 Å². The summed E-state index contributed by atoms with van der Waals surface area (Å²) in [5.74, 6) is 0. The van der Waals surface area contributed by atoms with Crippen molar-refractivity contribution in [1.29, 1.82) is 0 Å². The van der Waals surface area contributed by atoms with Crippen molar-refractivity contribution in [1.82, 2.24) is 14.5 Å². The second-order valence-corrected chi connectivity index (χ2v) is 6.65. The van der Waals surface area contributed by atoms with Crippen molar-refractivity contribution in [3.63, 3.8) is 0 Å². The SMILES string of the molecule is Cc1cc(C)n([C@H](C)CNS(=O)(=O)c2ccccc2)n1. The van der Waals surface area contributed by atoms with Crippen LogP contribution in [0.2, 0.25) is 0 Å². The number of nitrogens with one attached hydrogen (secondary N) is 1. The summed E-state index contributed by atoms with van der Waals surface area (Å²) in [4.78, 5) is 0.278.